The second kappa shape index (κ2) is 7.47. The van der Waals surface area contributed by atoms with E-state index < -0.39 is 10.0 Å². The molecule has 1 amide bonds. The normalized spacial score (nSPS) is 15.3. The van der Waals surface area contributed by atoms with Gasteiger partial charge in [0.1, 0.15) is 5.75 Å². The third kappa shape index (κ3) is 4.23. The maximum Gasteiger partial charge on any atom is 0.251 e. The van der Waals surface area contributed by atoms with Crippen LogP contribution in [0.1, 0.15) is 41.7 Å². The van der Waals surface area contributed by atoms with Crippen molar-refractivity contribution in [1.82, 2.24) is 10.0 Å². The number of rotatable bonds is 7. The summed E-state index contributed by atoms with van der Waals surface area (Å²) in [6.45, 7) is 1.87. The summed E-state index contributed by atoms with van der Waals surface area (Å²) in [6.07, 6.45) is 1.75. The largest absolute Gasteiger partial charge is 0.496 e. The molecule has 0 spiro atoms. The van der Waals surface area contributed by atoms with Crippen molar-refractivity contribution in [2.24, 2.45) is 0 Å². The van der Waals surface area contributed by atoms with E-state index in [1.165, 1.54) is 24.3 Å². The third-order valence-electron chi connectivity index (χ3n) is 4.28. The first-order valence-corrected chi connectivity index (χ1v) is 9.95. The fourth-order valence-corrected chi connectivity index (χ4v) is 3.96. The Bertz CT molecular complexity index is 890. The van der Waals surface area contributed by atoms with Crippen molar-refractivity contribution in [3.8, 4) is 5.75 Å². The highest BCUT2D eigenvalue weighted by molar-refractivity contribution is 7.89. The van der Waals surface area contributed by atoms with Gasteiger partial charge < -0.3 is 10.1 Å². The summed E-state index contributed by atoms with van der Waals surface area (Å²) in [5, 5.41) is 2.90. The Labute approximate surface area is 153 Å². The number of carbonyl (C=O) groups excluding carboxylic acids is 1. The quantitative estimate of drug-likeness (QED) is 0.780. The zero-order chi connectivity index (χ0) is 18.7. The fraction of sp³-hybridized carbons (Fsp3) is 0.316. The monoisotopic (exact) mass is 374 g/mol. The molecule has 2 aromatic rings. The number of benzene rings is 2. The van der Waals surface area contributed by atoms with E-state index >= 15 is 0 Å². The average Bonchev–Trinajstić information content (AvgIpc) is 3.45. The van der Waals surface area contributed by atoms with Crippen molar-refractivity contribution in [3.63, 3.8) is 0 Å². The number of amides is 1. The molecule has 0 heterocycles. The lowest BCUT2D eigenvalue weighted by molar-refractivity contribution is 0.0939. The van der Waals surface area contributed by atoms with E-state index in [1.54, 1.807) is 7.11 Å². The first kappa shape index (κ1) is 18.4. The van der Waals surface area contributed by atoms with E-state index in [4.69, 9.17) is 4.74 Å². The summed E-state index contributed by atoms with van der Waals surface area (Å²) in [5.74, 6) is 0.426. The van der Waals surface area contributed by atoms with Gasteiger partial charge in [-0.1, -0.05) is 18.2 Å². The van der Waals surface area contributed by atoms with E-state index in [0.717, 1.165) is 18.4 Å². The SMILES string of the molecule is COc1ccccc1[C@@H](C)NC(=O)c1ccc(S(=O)(=O)NC2CC2)cc1. The van der Waals surface area contributed by atoms with Crippen LogP contribution in [0.3, 0.4) is 0 Å². The maximum absolute atomic E-state index is 12.5. The second-order valence-electron chi connectivity index (χ2n) is 6.36. The van der Waals surface area contributed by atoms with Crippen LogP contribution in [0.25, 0.3) is 0 Å². The third-order valence-corrected chi connectivity index (χ3v) is 5.82. The second-order valence-corrected chi connectivity index (χ2v) is 8.07. The first-order valence-electron chi connectivity index (χ1n) is 8.47. The number of ether oxygens (including phenoxy) is 1. The van der Waals surface area contributed by atoms with E-state index in [2.05, 4.69) is 10.0 Å². The minimum Gasteiger partial charge on any atom is -0.496 e. The van der Waals surface area contributed by atoms with Gasteiger partial charge >= 0.3 is 0 Å². The fourth-order valence-electron chi connectivity index (χ4n) is 2.66. The van der Waals surface area contributed by atoms with Gasteiger partial charge in [-0.2, -0.15) is 0 Å². The lowest BCUT2D eigenvalue weighted by Gasteiger charge is -2.17. The van der Waals surface area contributed by atoms with Crippen LogP contribution in [-0.2, 0) is 10.0 Å². The molecule has 1 aliphatic carbocycles. The topological polar surface area (TPSA) is 84.5 Å². The Morgan fingerprint density at radius 2 is 1.77 bits per heavy atom. The Hall–Kier alpha value is -2.38. The van der Waals surface area contributed by atoms with Crippen LogP contribution in [0, 0.1) is 0 Å². The Balaban J connectivity index is 1.70. The van der Waals surface area contributed by atoms with Crippen LogP contribution >= 0.6 is 0 Å². The van der Waals surface area contributed by atoms with E-state index in [1.807, 2.05) is 31.2 Å². The zero-order valence-corrected chi connectivity index (χ0v) is 15.5. The Morgan fingerprint density at radius 3 is 2.38 bits per heavy atom. The van der Waals surface area contributed by atoms with Gasteiger partial charge in [0.05, 0.1) is 18.0 Å². The van der Waals surface area contributed by atoms with Crippen molar-refractivity contribution >= 4 is 15.9 Å². The molecule has 138 valence electrons. The predicted octanol–water partition coefficient (Wildman–Crippen LogP) is 2.63. The van der Waals surface area contributed by atoms with Crippen LogP contribution in [0.5, 0.6) is 5.75 Å². The van der Waals surface area contributed by atoms with Gasteiger partial charge in [0, 0.05) is 17.2 Å². The van der Waals surface area contributed by atoms with Crippen molar-refractivity contribution < 1.29 is 17.9 Å². The predicted molar refractivity (Wildman–Crippen MR) is 98.7 cm³/mol. The van der Waals surface area contributed by atoms with Crippen molar-refractivity contribution in [3.05, 3.63) is 59.7 Å². The molecule has 0 aliphatic heterocycles. The van der Waals surface area contributed by atoms with Crippen molar-refractivity contribution in [1.29, 1.82) is 0 Å². The highest BCUT2D eigenvalue weighted by Crippen LogP contribution is 2.25. The molecular weight excluding hydrogens is 352 g/mol. The number of hydrogen-bond acceptors (Lipinski definition) is 4. The molecule has 1 aliphatic rings. The Morgan fingerprint density at radius 1 is 1.12 bits per heavy atom. The van der Waals surface area contributed by atoms with Crippen molar-refractivity contribution in [2.45, 2.75) is 36.7 Å². The summed E-state index contributed by atoms with van der Waals surface area (Å²) < 4.78 is 32.3. The molecule has 1 saturated carbocycles. The molecule has 0 aromatic heterocycles. The summed E-state index contributed by atoms with van der Waals surface area (Å²) in [5.41, 5.74) is 1.27. The van der Waals surface area contributed by atoms with Gasteiger partial charge in [0.25, 0.3) is 5.91 Å². The van der Waals surface area contributed by atoms with Crippen LogP contribution in [0.4, 0.5) is 0 Å². The molecule has 1 fully saturated rings. The Kier molecular flexibility index (Phi) is 5.29. The average molecular weight is 374 g/mol. The minimum absolute atomic E-state index is 0.0460. The van der Waals surface area contributed by atoms with E-state index in [0.29, 0.717) is 11.3 Å². The molecule has 0 bridgehead atoms. The number of para-hydroxylation sites is 1. The molecule has 2 N–H and O–H groups in total. The lowest BCUT2D eigenvalue weighted by Crippen LogP contribution is -2.27. The van der Waals surface area contributed by atoms with Gasteiger partial charge in [-0.05, 0) is 50.1 Å². The maximum atomic E-state index is 12.5. The molecule has 7 heteroatoms. The van der Waals surface area contributed by atoms with Gasteiger partial charge in [-0.25, -0.2) is 13.1 Å². The van der Waals surface area contributed by atoms with E-state index in [9.17, 15) is 13.2 Å². The smallest absolute Gasteiger partial charge is 0.251 e. The highest BCUT2D eigenvalue weighted by Gasteiger charge is 2.28. The molecule has 2 aromatic carbocycles. The highest BCUT2D eigenvalue weighted by atomic mass is 32.2. The van der Waals surface area contributed by atoms with E-state index in [-0.39, 0.29) is 22.9 Å². The number of methoxy groups -OCH3 is 1. The van der Waals surface area contributed by atoms with Gasteiger partial charge in [-0.3, -0.25) is 4.79 Å². The molecule has 0 unspecified atom stereocenters. The summed E-state index contributed by atoms with van der Waals surface area (Å²) in [7, 11) is -1.93. The van der Waals surface area contributed by atoms with Crippen LogP contribution in [-0.4, -0.2) is 27.5 Å². The van der Waals surface area contributed by atoms with Crippen LogP contribution in [0.2, 0.25) is 0 Å². The molecule has 0 saturated heterocycles. The molecule has 6 nitrogen and oxygen atoms in total. The summed E-state index contributed by atoms with van der Waals surface area (Å²) >= 11 is 0. The van der Waals surface area contributed by atoms with Crippen molar-refractivity contribution in [2.75, 3.05) is 7.11 Å². The van der Waals surface area contributed by atoms with Crippen LogP contribution in [0.15, 0.2) is 53.4 Å². The minimum atomic E-state index is -3.51. The molecule has 26 heavy (non-hydrogen) atoms. The van der Waals surface area contributed by atoms with Gasteiger partial charge in [-0.15, -0.1) is 0 Å². The number of nitrogens with one attached hydrogen (secondary N) is 2. The lowest BCUT2D eigenvalue weighted by atomic mass is 10.1. The molecule has 1 atom stereocenters. The van der Waals surface area contributed by atoms with Gasteiger partial charge in [0.15, 0.2) is 0 Å². The number of carbonyl (C=O) groups is 1. The summed E-state index contributed by atoms with van der Waals surface area (Å²) in [6, 6.07) is 13.2. The first-order chi connectivity index (χ1) is 12.4. The summed E-state index contributed by atoms with van der Waals surface area (Å²) in [4.78, 5) is 12.6. The standard InChI is InChI=1S/C19H22N2O4S/c1-13(17-5-3-4-6-18(17)25-2)20-19(22)14-7-11-16(12-8-14)26(23,24)21-15-9-10-15/h3-8,11-13,15,21H,9-10H2,1-2H3,(H,20,22)/t13-/m1/s1. The molecule has 3 rings (SSSR count). The molecule has 0 radical (unpaired) electrons. The van der Waals surface area contributed by atoms with Gasteiger partial charge in [0.2, 0.25) is 10.0 Å². The number of hydrogen-bond donors (Lipinski definition) is 2. The molecular formula is C19H22N2O4S. The zero-order valence-electron chi connectivity index (χ0n) is 14.7. The van der Waals surface area contributed by atoms with Crippen LogP contribution < -0.4 is 14.8 Å². The number of sulfonamides is 1.